The van der Waals surface area contributed by atoms with E-state index in [1.54, 1.807) is 0 Å². The van der Waals surface area contributed by atoms with Crippen LogP contribution in [0, 0.1) is 5.41 Å². The fourth-order valence-electron chi connectivity index (χ4n) is 1.61. The molecule has 0 unspecified atom stereocenters. The molecular weight excluding hydrogens is 224 g/mol. The molecule has 0 bridgehead atoms. The molecule has 96 valence electrons. The van der Waals surface area contributed by atoms with Gasteiger partial charge in [0.25, 0.3) is 0 Å². The number of hydrogen-bond acceptors (Lipinski definition) is 3. The lowest BCUT2D eigenvalue weighted by Crippen LogP contribution is -2.11. The first-order valence-electron chi connectivity index (χ1n) is 6.21. The molecule has 0 spiro atoms. The maximum absolute atomic E-state index is 5.32. The van der Waals surface area contributed by atoms with E-state index in [9.17, 15) is 0 Å². The molecule has 18 heavy (non-hydrogen) atoms. The SMILES string of the molecule is CC1(C)C=CC=C(c2noc(C(C)(C)C)n2)C=C1. The summed E-state index contributed by atoms with van der Waals surface area (Å²) in [6, 6.07) is 0. The average Bonchev–Trinajstić information content (AvgIpc) is 2.65. The second-order valence-corrected chi connectivity index (χ2v) is 6.31. The second kappa shape index (κ2) is 4.23. The van der Waals surface area contributed by atoms with Crippen LogP contribution in [0.3, 0.4) is 0 Å². The highest BCUT2D eigenvalue weighted by Crippen LogP contribution is 2.27. The quantitative estimate of drug-likeness (QED) is 0.752. The molecule has 0 N–H and O–H groups in total. The molecule has 0 amide bonds. The molecular formula is C15H20N2O. The summed E-state index contributed by atoms with van der Waals surface area (Å²) in [6.07, 6.45) is 10.4. The topological polar surface area (TPSA) is 38.9 Å². The average molecular weight is 244 g/mol. The van der Waals surface area contributed by atoms with E-state index in [2.05, 4.69) is 63.0 Å². The van der Waals surface area contributed by atoms with Gasteiger partial charge in [-0.3, -0.25) is 0 Å². The van der Waals surface area contributed by atoms with Crippen molar-refractivity contribution in [3.63, 3.8) is 0 Å². The zero-order chi connectivity index (χ0) is 13.4. The first-order valence-corrected chi connectivity index (χ1v) is 6.21. The van der Waals surface area contributed by atoms with Gasteiger partial charge in [-0.25, -0.2) is 0 Å². The summed E-state index contributed by atoms with van der Waals surface area (Å²) in [5.74, 6) is 1.32. The second-order valence-electron chi connectivity index (χ2n) is 6.31. The van der Waals surface area contributed by atoms with Crippen LogP contribution in [0.2, 0.25) is 0 Å². The van der Waals surface area contributed by atoms with Gasteiger partial charge in [0, 0.05) is 16.4 Å². The van der Waals surface area contributed by atoms with Crippen molar-refractivity contribution in [3.8, 4) is 0 Å². The molecule has 2 rings (SSSR count). The molecule has 1 aromatic rings. The van der Waals surface area contributed by atoms with Crippen LogP contribution in [0.1, 0.15) is 46.3 Å². The Bertz CT molecular complexity index is 525. The van der Waals surface area contributed by atoms with Gasteiger partial charge >= 0.3 is 0 Å². The van der Waals surface area contributed by atoms with Crippen molar-refractivity contribution in [3.05, 3.63) is 42.1 Å². The minimum Gasteiger partial charge on any atom is -0.338 e. The third-order valence-electron chi connectivity index (χ3n) is 2.82. The summed E-state index contributed by atoms with van der Waals surface area (Å²) < 4.78 is 5.32. The van der Waals surface area contributed by atoms with Gasteiger partial charge in [-0.2, -0.15) is 4.98 Å². The third-order valence-corrected chi connectivity index (χ3v) is 2.82. The van der Waals surface area contributed by atoms with Gasteiger partial charge in [0.2, 0.25) is 11.7 Å². The van der Waals surface area contributed by atoms with E-state index in [0.29, 0.717) is 11.7 Å². The zero-order valence-electron chi connectivity index (χ0n) is 11.7. The van der Waals surface area contributed by atoms with Crippen LogP contribution < -0.4 is 0 Å². The van der Waals surface area contributed by atoms with Crippen molar-refractivity contribution in [2.24, 2.45) is 5.41 Å². The highest BCUT2D eigenvalue weighted by Gasteiger charge is 2.22. The van der Waals surface area contributed by atoms with Crippen LogP contribution in [0.5, 0.6) is 0 Å². The Morgan fingerprint density at radius 2 is 1.89 bits per heavy atom. The number of rotatable bonds is 1. The lowest BCUT2D eigenvalue weighted by molar-refractivity contribution is 0.320. The Balaban J connectivity index is 2.31. The lowest BCUT2D eigenvalue weighted by atomic mass is 9.93. The molecule has 0 radical (unpaired) electrons. The number of hydrogen-bond donors (Lipinski definition) is 0. The molecule has 0 aliphatic heterocycles. The van der Waals surface area contributed by atoms with E-state index >= 15 is 0 Å². The van der Waals surface area contributed by atoms with Gasteiger partial charge in [-0.15, -0.1) is 0 Å². The van der Waals surface area contributed by atoms with Crippen LogP contribution in [-0.2, 0) is 5.41 Å². The predicted octanol–water partition coefficient (Wildman–Crippen LogP) is 3.90. The van der Waals surface area contributed by atoms with Crippen LogP contribution in [0.4, 0.5) is 0 Å². The molecule has 0 aromatic carbocycles. The van der Waals surface area contributed by atoms with E-state index < -0.39 is 0 Å². The zero-order valence-corrected chi connectivity index (χ0v) is 11.7. The van der Waals surface area contributed by atoms with Crippen molar-refractivity contribution < 1.29 is 4.52 Å². The Morgan fingerprint density at radius 1 is 1.17 bits per heavy atom. The van der Waals surface area contributed by atoms with Gasteiger partial charge in [0.05, 0.1) is 0 Å². The molecule has 3 heteroatoms. The summed E-state index contributed by atoms with van der Waals surface area (Å²) in [4.78, 5) is 4.46. The summed E-state index contributed by atoms with van der Waals surface area (Å²) in [7, 11) is 0. The number of nitrogens with zero attached hydrogens (tertiary/aromatic N) is 2. The first-order chi connectivity index (χ1) is 8.28. The minimum absolute atomic E-state index is 0.0643. The summed E-state index contributed by atoms with van der Waals surface area (Å²) >= 11 is 0. The number of allylic oxidation sites excluding steroid dienone is 6. The van der Waals surface area contributed by atoms with Gasteiger partial charge in [-0.05, 0) is 0 Å². The fraction of sp³-hybridized carbons (Fsp3) is 0.467. The van der Waals surface area contributed by atoms with Crippen molar-refractivity contribution in [1.29, 1.82) is 0 Å². The monoisotopic (exact) mass is 244 g/mol. The van der Waals surface area contributed by atoms with Gasteiger partial charge in [0.15, 0.2) is 0 Å². The standard InChI is InChI=1S/C15H20N2O/c1-14(2,3)13-16-12(17-18-13)11-7-6-9-15(4,5)10-8-11/h6-10H,1-5H3. The highest BCUT2D eigenvalue weighted by molar-refractivity contribution is 5.71. The molecule has 1 heterocycles. The first kappa shape index (κ1) is 12.8. The van der Waals surface area contributed by atoms with E-state index in [0.717, 1.165) is 5.57 Å². The molecule has 0 saturated heterocycles. The molecule has 0 atom stereocenters. The molecule has 3 nitrogen and oxygen atoms in total. The van der Waals surface area contributed by atoms with Crippen LogP contribution >= 0.6 is 0 Å². The fourth-order valence-corrected chi connectivity index (χ4v) is 1.61. The largest absolute Gasteiger partial charge is 0.338 e. The van der Waals surface area contributed by atoms with E-state index in [-0.39, 0.29) is 10.8 Å². The Hall–Kier alpha value is -1.64. The molecule has 1 aliphatic carbocycles. The highest BCUT2D eigenvalue weighted by atomic mass is 16.5. The van der Waals surface area contributed by atoms with Crippen molar-refractivity contribution in [2.45, 2.75) is 40.0 Å². The van der Waals surface area contributed by atoms with Crippen molar-refractivity contribution in [1.82, 2.24) is 10.1 Å². The van der Waals surface area contributed by atoms with Gasteiger partial charge < -0.3 is 4.52 Å². The van der Waals surface area contributed by atoms with Gasteiger partial charge in [0.1, 0.15) is 0 Å². The Labute approximate surface area is 108 Å². The van der Waals surface area contributed by atoms with Gasteiger partial charge in [-0.1, -0.05) is 70.2 Å². The van der Waals surface area contributed by atoms with E-state index in [1.165, 1.54) is 0 Å². The summed E-state index contributed by atoms with van der Waals surface area (Å²) in [5, 5.41) is 4.06. The number of aromatic nitrogens is 2. The lowest BCUT2D eigenvalue weighted by Gasteiger charge is -2.12. The van der Waals surface area contributed by atoms with E-state index in [1.807, 2.05) is 12.2 Å². The molecule has 1 aliphatic rings. The normalized spacial score (nSPS) is 18.6. The minimum atomic E-state index is -0.116. The maximum Gasteiger partial charge on any atom is 0.232 e. The third kappa shape index (κ3) is 2.78. The van der Waals surface area contributed by atoms with Crippen molar-refractivity contribution in [2.75, 3.05) is 0 Å². The van der Waals surface area contributed by atoms with E-state index in [4.69, 9.17) is 4.52 Å². The Kier molecular flexibility index (Phi) is 3.01. The summed E-state index contributed by atoms with van der Waals surface area (Å²) in [6.45, 7) is 10.5. The maximum atomic E-state index is 5.32. The molecule has 0 saturated carbocycles. The van der Waals surface area contributed by atoms with Crippen molar-refractivity contribution >= 4 is 5.57 Å². The predicted molar refractivity (Wildman–Crippen MR) is 73.0 cm³/mol. The summed E-state index contributed by atoms with van der Waals surface area (Å²) in [5.41, 5.74) is 0.931. The molecule has 1 aromatic heterocycles. The van der Waals surface area contributed by atoms with Crippen LogP contribution in [0.25, 0.3) is 5.57 Å². The Morgan fingerprint density at radius 3 is 2.50 bits per heavy atom. The van der Waals surface area contributed by atoms with Crippen LogP contribution in [-0.4, -0.2) is 10.1 Å². The van der Waals surface area contributed by atoms with Crippen LogP contribution in [0.15, 0.2) is 34.9 Å². The smallest absolute Gasteiger partial charge is 0.232 e. The molecule has 0 fully saturated rings.